The minimum atomic E-state index is -5.00. The summed E-state index contributed by atoms with van der Waals surface area (Å²) in [6.07, 6.45) is -4.36. The third-order valence-corrected chi connectivity index (χ3v) is 6.58. The molecule has 6 atom stereocenters. The Morgan fingerprint density at radius 1 is 1.33 bits per heavy atom. The summed E-state index contributed by atoms with van der Waals surface area (Å²) < 4.78 is 41.1. The fourth-order valence-electron chi connectivity index (χ4n) is 2.19. The smallest absolute Gasteiger partial charge is 0.218 e. The van der Waals surface area contributed by atoms with Crippen molar-refractivity contribution >= 4 is 21.3 Å². The second-order valence-electron chi connectivity index (χ2n) is 4.65. The summed E-state index contributed by atoms with van der Waals surface area (Å²) >= 11 is 0. The maximum absolute atomic E-state index is 10.6. The van der Waals surface area contributed by atoms with E-state index in [-0.39, 0.29) is 18.1 Å². The molecule has 1 aliphatic heterocycles. The van der Waals surface area contributed by atoms with Crippen molar-refractivity contribution in [3.05, 3.63) is 0 Å². The van der Waals surface area contributed by atoms with Crippen molar-refractivity contribution in [3.63, 3.8) is 0 Å². The third kappa shape index (κ3) is 5.30. The lowest BCUT2D eigenvalue weighted by molar-refractivity contribution is -0.0139. The largest absolute Gasteiger partial charge is 0.726 e. The van der Waals surface area contributed by atoms with Gasteiger partial charge in [0.2, 0.25) is 10.4 Å². The van der Waals surface area contributed by atoms with Gasteiger partial charge in [-0.3, -0.25) is 4.18 Å². The highest BCUT2D eigenvalue weighted by Crippen LogP contribution is 2.26. The van der Waals surface area contributed by atoms with E-state index in [1.807, 2.05) is 0 Å². The molecule has 1 fully saturated rings. The van der Waals surface area contributed by atoms with E-state index in [2.05, 4.69) is 4.18 Å². The van der Waals surface area contributed by atoms with Crippen molar-refractivity contribution in [1.82, 2.24) is 0 Å². The van der Waals surface area contributed by atoms with E-state index in [9.17, 15) is 28.3 Å². The van der Waals surface area contributed by atoms with Crippen LogP contribution in [0.25, 0.3) is 0 Å². The number of hydrogen-bond acceptors (Lipinski definition) is 9. The third-order valence-electron chi connectivity index (χ3n) is 3.29. The molecule has 11 heteroatoms. The van der Waals surface area contributed by atoms with Crippen LogP contribution < -0.4 is 0 Å². The van der Waals surface area contributed by atoms with Gasteiger partial charge in [-0.1, -0.05) is 0 Å². The van der Waals surface area contributed by atoms with Crippen LogP contribution in [0.15, 0.2) is 0 Å². The van der Waals surface area contributed by atoms with E-state index in [1.54, 1.807) is 0 Å². The first kappa shape index (κ1) is 19.1. The van der Waals surface area contributed by atoms with Crippen LogP contribution in [0.1, 0.15) is 0 Å². The van der Waals surface area contributed by atoms with Gasteiger partial charge in [0.15, 0.2) is 5.25 Å². The molecule has 0 saturated carbocycles. The highest BCUT2D eigenvalue weighted by molar-refractivity contribution is 7.97. The van der Waals surface area contributed by atoms with Crippen LogP contribution in [-0.2, 0) is 30.2 Å². The molecular formula is C10H20O9S2. The van der Waals surface area contributed by atoms with Crippen LogP contribution in [0.3, 0.4) is 0 Å². The van der Waals surface area contributed by atoms with Crippen LogP contribution in [0.2, 0.25) is 0 Å². The number of aliphatic hydroxyl groups excluding tert-OH is 4. The Kier molecular flexibility index (Phi) is 7.30. The molecule has 0 radical (unpaired) electrons. The summed E-state index contributed by atoms with van der Waals surface area (Å²) in [4.78, 5) is 0. The lowest BCUT2D eigenvalue weighted by Gasteiger charge is -2.25. The monoisotopic (exact) mass is 348 g/mol. The van der Waals surface area contributed by atoms with E-state index >= 15 is 0 Å². The minimum Gasteiger partial charge on any atom is -0.726 e. The van der Waals surface area contributed by atoms with Crippen LogP contribution in [-0.4, -0.2) is 94.9 Å². The number of methoxy groups -OCH3 is 1. The zero-order valence-corrected chi connectivity index (χ0v) is 13.0. The number of hydrogen-bond donors (Lipinski definition) is 4. The maximum atomic E-state index is 10.6. The molecular weight excluding hydrogens is 328 g/mol. The molecule has 0 aliphatic carbocycles. The van der Waals surface area contributed by atoms with E-state index in [0.29, 0.717) is 0 Å². The first-order valence-electron chi connectivity index (χ1n) is 6.14. The van der Waals surface area contributed by atoms with Crippen molar-refractivity contribution in [2.45, 2.75) is 29.7 Å². The Balaban J connectivity index is 2.76. The minimum absolute atomic E-state index is 0.136. The average molecular weight is 348 g/mol. The quantitative estimate of drug-likeness (QED) is 0.199. The number of aliphatic hydroxyl groups is 4. The van der Waals surface area contributed by atoms with Crippen LogP contribution >= 0.6 is 0 Å². The fraction of sp³-hybridized carbons (Fsp3) is 1.00. The average Bonchev–Trinajstić information content (AvgIpc) is 2.67. The molecule has 9 nitrogen and oxygen atoms in total. The molecule has 126 valence electrons. The van der Waals surface area contributed by atoms with Gasteiger partial charge in [0.05, 0.1) is 13.2 Å². The van der Waals surface area contributed by atoms with Gasteiger partial charge in [-0.2, -0.15) is 0 Å². The summed E-state index contributed by atoms with van der Waals surface area (Å²) in [7, 11) is -4.41. The predicted octanol–water partition coefficient (Wildman–Crippen LogP) is -3.45. The fourth-order valence-corrected chi connectivity index (χ4v) is 5.50. The summed E-state index contributed by atoms with van der Waals surface area (Å²) in [5, 5.41) is 37.2. The second-order valence-corrected chi connectivity index (χ2v) is 8.01. The molecule has 21 heavy (non-hydrogen) atoms. The molecule has 0 aromatic rings. The molecule has 0 bridgehead atoms. The normalized spacial score (nSPS) is 33.0. The van der Waals surface area contributed by atoms with Crippen molar-refractivity contribution in [1.29, 1.82) is 0 Å². The van der Waals surface area contributed by atoms with Gasteiger partial charge in [-0.25, -0.2) is 8.42 Å². The zero-order valence-electron chi connectivity index (χ0n) is 11.4. The van der Waals surface area contributed by atoms with E-state index in [4.69, 9.17) is 9.84 Å². The highest BCUT2D eigenvalue weighted by Gasteiger charge is 2.50. The Labute approximate surface area is 125 Å². The maximum Gasteiger partial charge on any atom is 0.218 e. The molecule has 4 N–H and O–H groups in total. The molecule has 1 heterocycles. The Bertz CT molecular complexity index is 415. The van der Waals surface area contributed by atoms with Crippen molar-refractivity contribution in [2.75, 3.05) is 31.8 Å². The molecule has 1 aliphatic rings. The predicted molar refractivity (Wildman–Crippen MR) is 72.4 cm³/mol. The molecule has 1 rings (SSSR count). The van der Waals surface area contributed by atoms with Gasteiger partial charge in [-0.15, -0.1) is 0 Å². The first-order valence-corrected chi connectivity index (χ1v) is 9.10. The molecule has 1 saturated heterocycles. The van der Waals surface area contributed by atoms with Gasteiger partial charge in [0, 0.05) is 18.0 Å². The Hall–Kier alpha value is 0.0200. The summed E-state index contributed by atoms with van der Waals surface area (Å²) in [6, 6.07) is 0. The molecule has 0 amide bonds. The summed E-state index contributed by atoms with van der Waals surface area (Å²) in [5.74, 6) is 0.352. The van der Waals surface area contributed by atoms with Gasteiger partial charge < -0.3 is 29.7 Å². The molecule has 1 unspecified atom stereocenters. The van der Waals surface area contributed by atoms with Gasteiger partial charge >= 0.3 is 0 Å². The van der Waals surface area contributed by atoms with Crippen molar-refractivity contribution < 1.29 is 42.3 Å². The molecule has 0 spiro atoms. The van der Waals surface area contributed by atoms with E-state index in [0.717, 1.165) is 0 Å². The van der Waals surface area contributed by atoms with Crippen LogP contribution in [0.4, 0.5) is 0 Å². The highest BCUT2D eigenvalue weighted by atomic mass is 32.3. The number of rotatable bonds is 8. The van der Waals surface area contributed by atoms with Crippen LogP contribution in [0.5, 0.6) is 0 Å². The zero-order chi connectivity index (χ0) is 16.2. The lowest BCUT2D eigenvalue weighted by atomic mass is 10.2. The lowest BCUT2D eigenvalue weighted by Crippen LogP contribution is -2.43. The Morgan fingerprint density at radius 3 is 2.38 bits per heavy atom. The topological polar surface area (TPSA) is 157 Å². The second kappa shape index (κ2) is 8.04. The van der Waals surface area contributed by atoms with Crippen molar-refractivity contribution in [3.8, 4) is 0 Å². The summed E-state index contributed by atoms with van der Waals surface area (Å²) in [6.45, 7) is -1.09. The van der Waals surface area contributed by atoms with Crippen LogP contribution in [0, 0.1) is 0 Å². The Morgan fingerprint density at radius 2 is 1.95 bits per heavy atom. The van der Waals surface area contributed by atoms with E-state index in [1.165, 1.54) is 7.11 Å². The van der Waals surface area contributed by atoms with Crippen molar-refractivity contribution in [2.24, 2.45) is 0 Å². The molecule has 0 aromatic heterocycles. The van der Waals surface area contributed by atoms with Gasteiger partial charge in [0.25, 0.3) is 0 Å². The first-order chi connectivity index (χ1) is 9.73. The SMILES string of the molecule is CO[C@H](C[S+]1C[C@@H](O)[C@H](O)[C@H]1CO)[C@H](CO)OS(=O)(=O)[O-]. The van der Waals surface area contributed by atoms with E-state index < -0.39 is 57.6 Å². The number of ether oxygens (including phenoxy) is 1. The van der Waals surface area contributed by atoms with Gasteiger partial charge in [0.1, 0.15) is 35.9 Å². The van der Waals surface area contributed by atoms with Gasteiger partial charge in [-0.05, 0) is 0 Å². The standard InChI is InChI=1S/C10H20O9S2/c1-18-8(7(2-11)19-21(15,16)17)5-20-4-6(13)10(14)9(20)3-12/h6-14H,2-5H2,1H3/t6-,7+,8-,9-,10+,20?/m1/s1. The summed E-state index contributed by atoms with van der Waals surface area (Å²) in [5.41, 5.74) is 0. The molecule has 0 aromatic carbocycles.